The maximum Gasteiger partial charge on any atom is 0.243 e. The normalized spacial score (nSPS) is 11.6. The molecule has 0 saturated heterocycles. The van der Waals surface area contributed by atoms with Gasteiger partial charge in [-0.05, 0) is 42.0 Å². The van der Waals surface area contributed by atoms with E-state index in [2.05, 4.69) is 36.6 Å². The zero-order valence-corrected chi connectivity index (χ0v) is 14.4. The highest BCUT2D eigenvalue weighted by Gasteiger charge is 2.19. The van der Waals surface area contributed by atoms with E-state index in [-0.39, 0.29) is 6.54 Å². The maximum absolute atomic E-state index is 13.7. The molecule has 0 aliphatic heterocycles. The summed E-state index contributed by atoms with van der Waals surface area (Å²) in [6, 6.07) is 7.56. The molecule has 0 radical (unpaired) electrons. The SMILES string of the molecule is O=S(=O)(NCc1cc(F)ccc1Br)c1ccc(Br)cc1F. The summed E-state index contributed by atoms with van der Waals surface area (Å²) in [6.45, 7) is -0.157. The Kier molecular flexibility index (Phi) is 5.13. The lowest BCUT2D eigenvalue weighted by atomic mass is 10.2. The third kappa shape index (κ3) is 4.09. The Bertz CT molecular complexity index is 782. The minimum Gasteiger partial charge on any atom is -0.207 e. The third-order valence-electron chi connectivity index (χ3n) is 2.64. The smallest absolute Gasteiger partial charge is 0.207 e. The van der Waals surface area contributed by atoms with Crippen molar-refractivity contribution in [3.63, 3.8) is 0 Å². The number of sulfonamides is 1. The highest BCUT2D eigenvalue weighted by Crippen LogP contribution is 2.21. The molecule has 21 heavy (non-hydrogen) atoms. The summed E-state index contributed by atoms with van der Waals surface area (Å²) in [5.41, 5.74) is 0.413. The molecule has 0 atom stereocenters. The Balaban J connectivity index is 2.24. The molecular formula is C13H9Br2F2NO2S. The van der Waals surface area contributed by atoms with E-state index < -0.39 is 26.6 Å². The van der Waals surface area contributed by atoms with Gasteiger partial charge in [0, 0.05) is 15.5 Å². The molecule has 0 spiro atoms. The van der Waals surface area contributed by atoms with Gasteiger partial charge < -0.3 is 0 Å². The molecule has 0 fully saturated rings. The van der Waals surface area contributed by atoms with Gasteiger partial charge in [-0.3, -0.25) is 0 Å². The number of halogens is 4. The van der Waals surface area contributed by atoms with Crippen molar-refractivity contribution in [3.05, 3.63) is 62.5 Å². The summed E-state index contributed by atoms with van der Waals surface area (Å²) >= 11 is 6.25. The fraction of sp³-hybridized carbons (Fsp3) is 0.0769. The summed E-state index contributed by atoms with van der Waals surface area (Å²) < 4.78 is 54.2. The predicted molar refractivity (Wildman–Crippen MR) is 82.2 cm³/mol. The zero-order chi connectivity index (χ0) is 15.6. The van der Waals surface area contributed by atoms with Crippen LogP contribution in [0.2, 0.25) is 0 Å². The molecule has 3 nitrogen and oxygen atoms in total. The van der Waals surface area contributed by atoms with Crippen LogP contribution in [0.3, 0.4) is 0 Å². The fourth-order valence-corrected chi connectivity index (χ4v) is 3.41. The minimum absolute atomic E-state index is 0.157. The van der Waals surface area contributed by atoms with Crippen LogP contribution in [0.4, 0.5) is 8.78 Å². The highest BCUT2D eigenvalue weighted by atomic mass is 79.9. The lowest BCUT2D eigenvalue weighted by Gasteiger charge is -2.09. The number of rotatable bonds is 4. The van der Waals surface area contributed by atoms with Crippen molar-refractivity contribution in [1.29, 1.82) is 0 Å². The van der Waals surface area contributed by atoms with Gasteiger partial charge in [0.25, 0.3) is 0 Å². The first kappa shape index (κ1) is 16.5. The van der Waals surface area contributed by atoms with Gasteiger partial charge in [0.1, 0.15) is 16.5 Å². The van der Waals surface area contributed by atoms with Gasteiger partial charge in [-0.2, -0.15) is 0 Å². The topological polar surface area (TPSA) is 46.2 Å². The summed E-state index contributed by atoms with van der Waals surface area (Å²) in [7, 11) is -4.02. The summed E-state index contributed by atoms with van der Waals surface area (Å²) in [6.07, 6.45) is 0. The first-order valence-corrected chi connectivity index (χ1v) is 8.75. The molecule has 0 amide bonds. The quantitative estimate of drug-likeness (QED) is 0.781. The Morgan fingerprint density at radius 2 is 1.76 bits per heavy atom. The van der Waals surface area contributed by atoms with Gasteiger partial charge in [-0.25, -0.2) is 21.9 Å². The monoisotopic (exact) mass is 439 g/mol. The van der Waals surface area contributed by atoms with Crippen LogP contribution in [0.1, 0.15) is 5.56 Å². The molecule has 8 heteroatoms. The number of benzene rings is 2. The molecule has 0 unspecified atom stereocenters. The molecule has 0 aliphatic rings. The van der Waals surface area contributed by atoms with Gasteiger partial charge in [-0.1, -0.05) is 31.9 Å². The predicted octanol–water partition coefficient (Wildman–Crippen LogP) is 3.97. The largest absolute Gasteiger partial charge is 0.243 e. The van der Waals surface area contributed by atoms with E-state index in [4.69, 9.17) is 0 Å². The number of nitrogens with one attached hydrogen (secondary N) is 1. The van der Waals surface area contributed by atoms with E-state index in [0.717, 1.165) is 12.1 Å². The van der Waals surface area contributed by atoms with E-state index in [9.17, 15) is 17.2 Å². The minimum atomic E-state index is -4.02. The van der Waals surface area contributed by atoms with Crippen molar-refractivity contribution < 1.29 is 17.2 Å². The lowest BCUT2D eigenvalue weighted by Crippen LogP contribution is -2.24. The molecular weight excluding hydrogens is 432 g/mol. The maximum atomic E-state index is 13.7. The van der Waals surface area contributed by atoms with Gasteiger partial charge >= 0.3 is 0 Å². The van der Waals surface area contributed by atoms with E-state index >= 15 is 0 Å². The molecule has 2 aromatic carbocycles. The standard InChI is InChI=1S/C13H9Br2F2NO2S/c14-9-1-4-13(12(17)6-9)21(19,20)18-7-8-5-10(16)2-3-11(8)15/h1-6,18H,7H2. The second-order valence-electron chi connectivity index (χ2n) is 4.14. The Hall–Kier alpha value is -0.830. The van der Waals surface area contributed by atoms with Crippen molar-refractivity contribution >= 4 is 41.9 Å². The van der Waals surface area contributed by atoms with E-state index in [1.165, 1.54) is 24.3 Å². The zero-order valence-electron chi connectivity index (χ0n) is 10.4. The van der Waals surface area contributed by atoms with Crippen LogP contribution >= 0.6 is 31.9 Å². The van der Waals surface area contributed by atoms with Crippen LogP contribution in [0, 0.1) is 11.6 Å². The van der Waals surface area contributed by atoms with Crippen LogP contribution in [0.15, 0.2) is 50.2 Å². The molecule has 0 aliphatic carbocycles. The summed E-state index contributed by atoms with van der Waals surface area (Å²) in [5.74, 6) is -1.35. The molecule has 0 saturated carbocycles. The van der Waals surface area contributed by atoms with Crippen molar-refractivity contribution in [1.82, 2.24) is 4.72 Å². The van der Waals surface area contributed by atoms with Gasteiger partial charge in [0.05, 0.1) is 0 Å². The fourth-order valence-electron chi connectivity index (χ4n) is 1.62. The molecule has 0 aromatic heterocycles. The lowest BCUT2D eigenvalue weighted by molar-refractivity contribution is 0.556. The average Bonchev–Trinajstić information content (AvgIpc) is 2.39. The second kappa shape index (κ2) is 6.51. The number of hydrogen-bond donors (Lipinski definition) is 1. The first-order chi connectivity index (χ1) is 9.79. The van der Waals surface area contributed by atoms with Crippen molar-refractivity contribution in [2.45, 2.75) is 11.4 Å². The van der Waals surface area contributed by atoms with Crippen molar-refractivity contribution in [2.24, 2.45) is 0 Å². The molecule has 0 bridgehead atoms. The van der Waals surface area contributed by atoms with Crippen molar-refractivity contribution in [2.75, 3.05) is 0 Å². The van der Waals surface area contributed by atoms with Crippen molar-refractivity contribution in [3.8, 4) is 0 Å². The highest BCUT2D eigenvalue weighted by molar-refractivity contribution is 9.10. The molecule has 2 rings (SSSR count). The van der Waals surface area contributed by atoms with Crippen LogP contribution in [-0.2, 0) is 16.6 Å². The Labute approximate surface area is 137 Å². The third-order valence-corrected chi connectivity index (χ3v) is 5.35. The first-order valence-electron chi connectivity index (χ1n) is 5.68. The average molecular weight is 441 g/mol. The number of hydrogen-bond acceptors (Lipinski definition) is 2. The second-order valence-corrected chi connectivity index (χ2v) is 7.64. The molecule has 0 heterocycles. The molecule has 2 aromatic rings. The van der Waals surface area contributed by atoms with Crippen LogP contribution in [0.25, 0.3) is 0 Å². The van der Waals surface area contributed by atoms with Gasteiger partial charge in [-0.15, -0.1) is 0 Å². The van der Waals surface area contributed by atoms with E-state index in [1.807, 2.05) is 0 Å². The molecule has 1 N–H and O–H groups in total. The van der Waals surface area contributed by atoms with Crippen LogP contribution in [-0.4, -0.2) is 8.42 Å². The summed E-state index contributed by atoms with van der Waals surface area (Å²) in [4.78, 5) is -0.460. The summed E-state index contributed by atoms with van der Waals surface area (Å²) in [5, 5.41) is 0. The van der Waals surface area contributed by atoms with Crippen LogP contribution in [0.5, 0.6) is 0 Å². The van der Waals surface area contributed by atoms with E-state index in [1.54, 1.807) is 0 Å². The Morgan fingerprint density at radius 1 is 1.05 bits per heavy atom. The van der Waals surface area contributed by atoms with E-state index in [0.29, 0.717) is 14.5 Å². The Morgan fingerprint density at radius 3 is 2.43 bits per heavy atom. The molecule has 112 valence electrons. The van der Waals surface area contributed by atoms with Gasteiger partial charge in [0.2, 0.25) is 10.0 Å². The van der Waals surface area contributed by atoms with Gasteiger partial charge in [0.15, 0.2) is 0 Å². The van der Waals surface area contributed by atoms with Crippen LogP contribution < -0.4 is 4.72 Å².